The van der Waals surface area contributed by atoms with Crippen molar-refractivity contribution in [2.24, 2.45) is 23.2 Å². The third kappa shape index (κ3) is 2.54. The summed E-state index contributed by atoms with van der Waals surface area (Å²) >= 11 is 0. The predicted octanol–water partition coefficient (Wildman–Crippen LogP) is 3.42. The lowest BCUT2D eigenvalue weighted by Crippen LogP contribution is -2.59. The monoisotopic (exact) mass is 268 g/mol. The first-order valence-corrected chi connectivity index (χ1v) is 7.55. The third-order valence-electron chi connectivity index (χ3n) is 5.46. The van der Waals surface area contributed by atoms with Gasteiger partial charge in [-0.1, -0.05) is 27.7 Å². The Kier molecular flexibility index (Phi) is 3.97. The van der Waals surface area contributed by atoms with E-state index in [4.69, 9.17) is 9.47 Å². The maximum Gasteiger partial charge on any atom is 0.311 e. The van der Waals surface area contributed by atoms with E-state index >= 15 is 0 Å². The molecule has 3 heteroatoms. The average molecular weight is 268 g/mol. The van der Waals surface area contributed by atoms with Crippen LogP contribution < -0.4 is 0 Å². The normalized spacial score (nSPS) is 41.6. The Morgan fingerprint density at radius 3 is 2.53 bits per heavy atom. The Morgan fingerprint density at radius 2 is 2.00 bits per heavy atom. The molecule has 0 spiro atoms. The maximum atomic E-state index is 12.2. The number of esters is 1. The Morgan fingerprint density at radius 1 is 1.32 bits per heavy atom. The second-order valence-electron chi connectivity index (χ2n) is 7.31. The van der Waals surface area contributed by atoms with E-state index in [9.17, 15) is 4.79 Å². The number of fused-ring (bicyclic) bond motifs is 3. The van der Waals surface area contributed by atoms with Gasteiger partial charge in [0, 0.05) is 6.61 Å². The second-order valence-corrected chi connectivity index (χ2v) is 7.31. The molecule has 3 aliphatic rings. The van der Waals surface area contributed by atoms with Gasteiger partial charge in [-0.3, -0.25) is 4.79 Å². The number of carbonyl (C=O) groups is 1. The SMILES string of the molecule is COC(=O)[C@@H]1C[C@@]2(C)CC[C@@]1(OCC(C)C)C[C@H]2C. The fourth-order valence-electron chi connectivity index (χ4n) is 3.89. The minimum absolute atomic E-state index is 0.0776. The number of rotatable bonds is 4. The van der Waals surface area contributed by atoms with Crippen molar-refractivity contribution in [1.29, 1.82) is 0 Å². The minimum atomic E-state index is -0.269. The second kappa shape index (κ2) is 5.08. The van der Waals surface area contributed by atoms with Gasteiger partial charge in [0.2, 0.25) is 0 Å². The third-order valence-corrected chi connectivity index (χ3v) is 5.46. The van der Waals surface area contributed by atoms with Crippen LogP contribution in [-0.4, -0.2) is 25.3 Å². The Bertz CT molecular complexity index is 352. The Hall–Kier alpha value is -0.570. The van der Waals surface area contributed by atoms with Gasteiger partial charge in [0.25, 0.3) is 0 Å². The summed E-state index contributed by atoms with van der Waals surface area (Å²) in [7, 11) is 1.49. The smallest absolute Gasteiger partial charge is 0.311 e. The molecule has 0 aromatic rings. The zero-order valence-corrected chi connectivity index (χ0v) is 13.0. The van der Waals surface area contributed by atoms with Crippen LogP contribution in [0.15, 0.2) is 0 Å². The van der Waals surface area contributed by atoms with Crippen LogP contribution in [0.2, 0.25) is 0 Å². The van der Waals surface area contributed by atoms with Crippen LogP contribution in [0, 0.1) is 23.2 Å². The summed E-state index contributed by atoms with van der Waals surface area (Å²) in [6.07, 6.45) is 4.08. The summed E-state index contributed by atoms with van der Waals surface area (Å²) in [5, 5.41) is 0. The molecule has 0 saturated heterocycles. The van der Waals surface area contributed by atoms with Crippen molar-refractivity contribution in [3.8, 4) is 0 Å². The van der Waals surface area contributed by atoms with Crippen molar-refractivity contribution >= 4 is 5.97 Å². The first-order valence-electron chi connectivity index (χ1n) is 7.55. The fourth-order valence-corrected chi connectivity index (χ4v) is 3.89. The summed E-state index contributed by atoms with van der Waals surface area (Å²) in [5.41, 5.74) is 0.0103. The molecule has 3 saturated carbocycles. The lowest BCUT2D eigenvalue weighted by molar-refractivity contribution is -0.209. The molecule has 0 N–H and O–H groups in total. The predicted molar refractivity (Wildman–Crippen MR) is 74.8 cm³/mol. The highest BCUT2D eigenvalue weighted by atomic mass is 16.5. The summed E-state index contributed by atoms with van der Waals surface area (Å²) in [4.78, 5) is 12.2. The van der Waals surface area contributed by atoms with E-state index in [0.29, 0.717) is 11.8 Å². The van der Waals surface area contributed by atoms with E-state index in [2.05, 4.69) is 27.7 Å². The summed E-state index contributed by atoms with van der Waals surface area (Å²) < 4.78 is 11.3. The van der Waals surface area contributed by atoms with Crippen molar-refractivity contribution in [2.75, 3.05) is 13.7 Å². The van der Waals surface area contributed by atoms with Gasteiger partial charge < -0.3 is 9.47 Å². The summed E-state index contributed by atoms with van der Waals surface area (Å²) in [5.74, 6) is 0.959. The van der Waals surface area contributed by atoms with Gasteiger partial charge in [0.05, 0.1) is 18.6 Å². The zero-order chi connectivity index (χ0) is 14.3. The van der Waals surface area contributed by atoms with Crippen molar-refractivity contribution in [1.82, 2.24) is 0 Å². The molecule has 0 aromatic carbocycles. The van der Waals surface area contributed by atoms with Gasteiger partial charge in [-0.2, -0.15) is 0 Å². The number of hydrogen-bond acceptors (Lipinski definition) is 3. The van der Waals surface area contributed by atoms with Gasteiger partial charge >= 0.3 is 5.97 Å². The fraction of sp³-hybridized carbons (Fsp3) is 0.938. The minimum Gasteiger partial charge on any atom is -0.469 e. The van der Waals surface area contributed by atoms with Crippen LogP contribution in [0.3, 0.4) is 0 Å². The molecular formula is C16H28O3. The highest BCUT2D eigenvalue weighted by Gasteiger charge is 2.59. The number of methoxy groups -OCH3 is 1. The van der Waals surface area contributed by atoms with E-state index in [1.54, 1.807) is 0 Å². The van der Waals surface area contributed by atoms with E-state index in [0.717, 1.165) is 25.9 Å². The van der Waals surface area contributed by atoms with E-state index < -0.39 is 0 Å². The van der Waals surface area contributed by atoms with E-state index in [-0.39, 0.29) is 22.9 Å². The number of ether oxygens (including phenoxy) is 2. The quantitative estimate of drug-likeness (QED) is 0.733. The average Bonchev–Trinajstić information content (AvgIpc) is 2.37. The van der Waals surface area contributed by atoms with Crippen LogP contribution >= 0.6 is 0 Å². The van der Waals surface area contributed by atoms with Crippen LogP contribution in [-0.2, 0) is 14.3 Å². The molecule has 0 unspecified atom stereocenters. The molecule has 3 fully saturated rings. The molecule has 0 amide bonds. The van der Waals surface area contributed by atoms with Crippen molar-refractivity contribution in [3.63, 3.8) is 0 Å². The lowest BCUT2D eigenvalue weighted by Gasteiger charge is -2.58. The van der Waals surface area contributed by atoms with E-state index in [1.165, 1.54) is 13.5 Å². The van der Waals surface area contributed by atoms with Gasteiger partial charge in [-0.15, -0.1) is 0 Å². The molecule has 4 atom stereocenters. The number of hydrogen-bond donors (Lipinski definition) is 0. The molecule has 0 aliphatic heterocycles. The molecule has 2 bridgehead atoms. The first-order chi connectivity index (χ1) is 8.83. The van der Waals surface area contributed by atoms with Crippen LogP contribution in [0.1, 0.15) is 53.4 Å². The zero-order valence-electron chi connectivity index (χ0n) is 13.0. The molecule has 0 radical (unpaired) electrons. The van der Waals surface area contributed by atoms with Gasteiger partial charge in [0.15, 0.2) is 0 Å². The highest BCUT2D eigenvalue weighted by Crippen LogP contribution is 2.59. The topological polar surface area (TPSA) is 35.5 Å². The van der Waals surface area contributed by atoms with Crippen molar-refractivity contribution in [3.05, 3.63) is 0 Å². The number of carbonyl (C=O) groups excluding carboxylic acids is 1. The molecule has 19 heavy (non-hydrogen) atoms. The molecular weight excluding hydrogens is 240 g/mol. The molecule has 0 aromatic heterocycles. The summed E-state index contributed by atoms with van der Waals surface area (Å²) in [6, 6.07) is 0. The lowest BCUT2D eigenvalue weighted by atomic mass is 9.50. The molecule has 3 nitrogen and oxygen atoms in total. The van der Waals surface area contributed by atoms with Crippen LogP contribution in [0.5, 0.6) is 0 Å². The Labute approximate surface area is 117 Å². The van der Waals surface area contributed by atoms with Gasteiger partial charge in [-0.25, -0.2) is 0 Å². The van der Waals surface area contributed by atoms with Crippen molar-refractivity contribution in [2.45, 2.75) is 59.0 Å². The standard InChI is InChI=1S/C16H28O3/c1-11(2)10-19-16-7-6-15(4,12(3)8-16)9-13(16)14(17)18-5/h11-13H,6-10H2,1-5H3/t12-,13+,15-,16-/m1/s1. The van der Waals surface area contributed by atoms with Crippen LogP contribution in [0.4, 0.5) is 0 Å². The molecule has 110 valence electrons. The van der Waals surface area contributed by atoms with Crippen molar-refractivity contribution < 1.29 is 14.3 Å². The van der Waals surface area contributed by atoms with E-state index in [1.807, 2.05) is 0 Å². The van der Waals surface area contributed by atoms with Gasteiger partial charge in [-0.05, 0) is 42.9 Å². The Balaban J connectivity index is 2.23. The molecule has 3 rings (SSSR count). The molecule has 0 heterocycles. The first kappa shape index (κ1) is 14.8. The highest BCUT2D eigenvalue weighted by molar-refractivity contribution is 5.74. The largest absolute Gasteiger partial charge is 0.469 e. The summed E-state index contributed by atoms with van der Waals surface area (Å²) in [6.45, 7) is 9.67. The van der Waals surface area contributed by atoms with Crippen LogP contribution in [0.25, 0.3) is 0 Å². The van der Waals surface area contributed by atoms with Gasteiger partial charge in [0.1, 0.15) is 0 Å². The molecule has 3 aliphatic carbocycles. The maximum absolute atomic E-state index is 12.2.